The van der Waals surface area contributed by atoms with Crippen LogP contribution >= 0.6 is 0 Å². The second-order valence-electron chi connectivity index (χ2n) is 7.70. The Kier molecular flexibility index (Phi) is 5.93. The number of hydrogen-bond acceptors (Lipinski definition) is 5. The number of pyridine rings is 1. The topological polar surface area (TPSA) is 54.9 Å². The van der Waals surface area contributed by atoms with Crippen LogP contribution in [0.1, 0.15) is 30.9 Å². The van der Waals surface area contributed by atoms with Crippen molar-refractivity contribution < 1.29 is 27.4 Å². The summed E-state index contributed by atoms with van der Waals surface area (Å²) < 4.78 is 48.9. The van der Waals surface area contributed by atoms with Crippen molar-refractivity contribution in [3.8, 4) is 11.5 Å². The molecule has 1 aromatic heterocycles. The highest BCUT2D eigenvalue weighted by molar-refractivity contribution is 5.79. The zero-order valence-corrected chi connectivity index (χ0v) is 17.2. The Hall–Kier alpha value is -2.97. The Bertz CT molecular complexity index is 926. The summed E-state index contributed by atoms with van der Waals surface area (Å²) in [6.07, 6.45) is -2.26. The normalized spacial score (nSPS) is 16.5. The first-order valence-electron chi connectivity index (χ1n) is 10.3. The number of halogens is 3. The molecule has 4 rings (SSSR count). The number of carbonyl (C=O) groups is 1. The van der Waals surface area contributed by atoms with E-state index in [0.717, 1.165) is 17.8 Å². The lowest BCUT2D eigenvalue weighted by molar-refractivity contribution is -0.138. The molecule has 2 aliphatic heterocycles. The molecule has 166 valence electrons. The maximum Gasteiger partial charge on any atom is 0.417 e. The second-order valence-corrected chi connectivity index (χ2v) is 7.70. The molecule has 6 nitrogen and oxygen atoms in total. The van der Waals surface area contributed by atoms with Gasteiger partial charge in [0.25, 0.3) is 0 Å². The lowest BCUT2D eigenvalue weighted by atomic mass is 9.95. The molecule has 2 aliphatic rings. The average Bonchev–Trinajstić information content (AvgIpc) is 3.24. The van der Waals surface area contributed by atoms with E-state index in [4.69, 9.17) is 9.47 Å². The molecule has 0 radical (unpaired) electrons. The van der Waals surface area contributed by atoms with Gasteiger partial charge in [-0.25, -0.2) is 4.98 Å². The van der Waals surface area contributed by atoms with Gasteiger partial charge in [0, 0.05) is 38.3 Å². The molecule has 2 aromatic rings. The van der Waals surface area contributed by atoms with Crippen molar-refractivity contribution >= 4 is 11.7 Å². The van der Waals surface area contributed by atoms with Crippen molar-refractivity contribution in [1.82, 2.24) is 9.88 Å². The van der Waals surface area contributed by atoms with Gasteiger partial charge in [0.05, 0.1) is 5.56 Å². The lowest BCUT2D eigenvalue weighted by Gasteiger charge is -2.34. The number of nitrogens with zero attached hydrogens (tertiary/aromatic N) is 3. The zero-order chi connectivity index (χ0) is 22.0. The molecule has 1 saturated heterocycles. The molecule has 0 bridgehead atoms. The summed E-state index contributed by atoms with van der Waals surface area (Å²) in [4.78, 5) is 20.8. The van der Waals surface area contributed by atoms with Crippen LogP contribution in [0.4, 0.5) is 19.0 Å². The van der Waals surface area contributed by atoms with Crippen molar-refractivity contribution in [2.45, 2.75) is 32.5 Å². The fourth-order valence-corrected chi connectivity index (χ4v) is 3.96. The van der Waals surface area contributed by atoms with Gasteiger partial charge in [-0.3, -0.25) is 4.79 Å². The Morgan fingerprint density at radius 3 is 2.55 bits per heavy atom. The fourth-order valence-electron chi connectivity index (χ4n) is 3.96. The molecule has 0 N–H and O–H groups in total. The monoisotopic (exact) mass is 435 g/mol. The molecule has 0 spiro atoms. The van der Waals surface area contributed by atoms with E-state index in [1.807, 2.05) is 34.9 Å². The number of aromatic nitrogens is 1. The number of anilines is 1. The third-order valence-corrected chi connectivity index (χ3v) is 5.75. The SMILES string of the molecule is CCN(Cc1ccc2c(c1)OCO2)C(=O)C1CCN(c2ccc(C(F)(F)F)cn2)CC1. The highest BCUT2D eigenvalue weighted by Crippen LogP contribution is 2.33. The van der Waals surface area contributed by atoms with Gasteiger partial charge in [-0.05, 0) is 49.6 Å². The first kappa shape index (κ1) is 21.3. The van der Waals surface area contributed by atoms with Crippen LogP contribution in [0, 0.1) is 5.92 Å². The minimum atomic E-state index is -4.40. The quantitative estimate of drug-likeness (QED) is 0.708. The number of benzene rings is 1. The number of piperidine rings is 1. The van der Waals surface area contributed by atoms with Crippen molar-refractivity contribution in [2.75, 3.05) is 31.3 Å². The molecule has 1 fully saturated rings. The highest BCUT2D eigenvalue weighted by atomic mass is 19.4. The molecule has 9 heteroatoms. The predicted molar refractivity (Wildman–Crippen MR) is 108 cm³/mol. The Labute approximate surface area is 178 Å². The summed E-state index contributed by atoms with van der Waals surface area (Å²) in [7, 11) is 0. The van der Waals surface area contributed by atoms with Crippen LogP contribution in [-0.4, -0.2) is 42.2 Å². The van der Waals surface area contributed by atoms with E-state index in [1.54, 1.807) is 0 Å². The third kappa shape index (κ3) is 4.70. The van der Waals surface area contributed by atoms with E-state index in [-0.39, 0.29) is 18.6 Å². The summed E-state index contributed by atoms with van der Waals surface area (Å²) >= 11 is 0. The molecule has 0 aliphatic carbocycles. The van der Waals surface area contributed by atoms with Crippen LogP contribution in [0.15, 0.2) is 36.5 Å². The van der Waals surface area contributed by atoms with Crippen LogP contribution in [-0.2, 0) is 17.5 Å². The summed E-state index contributed by atoms with van der Waals surface area (Å²) in [6.45, 7) is 4.40. The Balaban J connectivity index is 1.34. The number of hydrogen-bond donors (Lipinski definition) is 0. The van der Waals surface area contributed by atoms with E-state index in [1.165, 1.54) is 6.07 Å². The van der Waals surface area contributed by atoms with E-state index < -0.39 is 11.7 Å². The molecular formula is C22H24F3N3O3. The second kappa shape index (κ2) is 8.64. The lowest BCUT2D eigenvalue weighted by Crippen LogP contribution is -2.42. The molecule has 1 aromatic carbocycles. The van der Waals surface area contributed by atoms with E-state index in [9.17, 15) is 18.0 Å². The summed E-state index contributed by atoms with van der Waals surface area (Å²) in [5.74, 6) is 1.90. The Morgan fingerprint density at radius 1 is 1.16 bits per heavy atom. The number of amides is 1. The van der Waals surface area contributed by atoms with Crippen molar-refractivity contribution in [3.05, 3.63) is 47.7 Å². The van der Waals surface area contributed by atoms with E-state index >= 15 is 0 Å². The van der Waals surface area contributed by atoms with Gasteiger partial charge in [-0.2, -0.15) is 13.2 Å². The van der Waals surface area contributed by atoms with Gasteiger partial charge in [0.15, 0.2) is 11.5 Å². The van der Waals surface area contributed by atoms with Gasteiger partial charge >= 0.3 is 6.18 Å². The molecule has 0 atom stereocenters. The third-order valence-electron chi connectivity index (χ3n) is 5.75. The summed E-state index contributed by atoms with van der Waals surface area (Å²) in [6, 6.07) is 8.12. The molecular weight excluding hydrogens is 411 g/mol. The van der Waals surface area contributed by atoms with E-state index in [2.05, 4.69) is 4.98 Å². The Morgan fingerprint density at radius 2 is 1.90 bits per heavy atom. The zero-order valence-electron chi connectivity index (χ0n) is 17.2. The number of rotatable bonds is 5. The van der Waals surface area contributed by atoms with Crippen LogP contribution in [0.5, 0.6) is 11.5 Å². The molecule has 0 saturated carbocycles. The number of carbonyl (C=O) groups excluding carboxylic acids is 1. The predicted octanol–water partition coefficient (Wildman–Crippen LogP) is 4.09. The average molecular weight is 435 g/mol. The van der Waals surface area contributed by atoms with Crippen LogP contribution < -0.4 is 14.4 Å². The first-order valence-corrected chi connectivity index (χ1v) is 10.3. The van der Waals surface area contributed by atoms with Crippen LogP contribution in [0.25, 0.3) is 0 Å². The summed E-state index contributed by atoms with van der Waals surface area (Å²) in [5.41, 5.74) is 0.217. The highest BCUT2D eigenvalue weighted by Gasteiger charge is 2.32. The largest absolute Gasteiger partial charge is 0.454 e. The van der Waals surface area contributed by atoms with Gasteiger partial charge in [-0.15, -0.1) is 0 Å². The van der Waals surface area contributed by atoms with Crippen LogP contribution in [0.2, 0.25) is 0 Å². The van der Waals surface area contributed by atoms with Gasteiger partial charge in [0.2, 0.25) is 12.7 Å². The molecule has 0 unspecified atom stereocenters. The van der Waals surface area contributed by atoms with Crippen molar-refractivity contribution in [3.63, 3.8) is 0 Å². The van der Waals surface area contributed by atoms with Crippen molar-refractivity contribution in [1.29, 1.82) is 0 Å². The number of fused-ring (bicyclic) bond motifs is 1. The standard InChI is InChI=1S/C22H24F3N3O3/c1-2-27(13-15-3-5-18-19(11-15)31-14-30-18)21(29)16-7-9-28(10-8-16)20-6-4-17(12-26-20)22(23,24)25/h3-6,11-12,16H,2,7-10,13-14H2,1H3. The van der Waals surface area contributed by atoms with Gasteiger partial charge < -0.3 is 19.3 Å². The maximum atomic E-state index is 13.1. The molecule has 31 heavy (non-hydrogen) atoms. The minimum Gasteiger partial charge on any atom is -0.454 e. The summed E-state index contributed by atoms with van der Waals surface area (Å²) in [5, 5.41) is 0. The maximum absolute atomic E-state index is 13.1. The minimum absolute atomic E-state index is 0.0974. The fraction of sp³-hybridized carbons (Fsp3) is 0.455. The van der Waals surface area contributed by atoms with Gasteiger partial charge in [0.1, 0.15) is 5.82 Å². The van der Waals surface area contributed by atoms with Crippen LogP contribution in [0.3, 0.4) is 0 Å². The van der Waals surface area contributed by atoms with Crippen molar-refractivity contribution in [2.24, 2.45) is 5.92 Å². The molecule has 3 heterocycles. The van der Waals surface area contributed by atoms with Gasteiger partial charge in [-0.1, -0.05) is 6.07 Å². The number of alkyl halides is 3. The number of ether oxygens (including phenoxy) is 2. The molecule has 1 amide bonds. The first-order chi connectivity index (χ1) is 14.8. The smallest absolute Gasteiger partial charge is 0.417 e. The van der Waals surface area contributed by atoms with E-state index in [0.29, 0.717) is 56.3 Å².